The van der Waals surface area contributed by atoms with Crippen LogP contribution < -0.4 is 15.6 Å². The van der Waals surface area contributed by atoms with E-state index in [0.29, 0.717) is 12.2 Å². The highest BCUT2D eigenvalue weighted by Crippen LogP contribution is 2.30. The van der Waals surface area contributed by atoms with Crippen molar-refractivity contribution in [1.82, 2.24) is 10.9 Å². The molecule has 146 valence electrons. The molecule has 5 heteroatoms. The molecule has 1 aliphatic carbocycles. The Kier molecular flexibility index (Phi) is 5.56. The Labute approximate surface area is 169 Å². The van der Waals surface area contributed by atoms with Crippen LogP contribution in [0.5, 0.6) is 5.75 Å². The van der Waals surface area contributed by atoms with Gasteiger partial charge >= 0.3 is 0 Å². The zero-order valence-corrected chi connectivity index (χ0v) is 15.9. The Morgan fingerprint density at radius 3 is 2.24 bits per heavy atom. The minimum Gasteiger partial charge on any atom is -0.488 e. The highest BCUT2D eigenvalue weighted by Gasteiger charge is 2.29. The number of carbonyl (C=O) groups is 2. The number of hydrogen-bond donors (Lipinski definition) is 2. The van der Waals surface area contributed by atoms with Crippen LogP contribution in [0.1, 0.15) is 28.8 Å². The molecule has 3 aromatic rings. The Balaban J connectivity index is 1.36. The van der Waals surface area contributed by atoms with E-state index in [1.54, 1.807) is 12.1 Å². The van der Waals surface area contributed by atoms with E-state index in [1.807, 2.05) is 54.6 Å². The largest absolute Gasteiger partial charge is 0.488 e. The molecule has 3 aromatic carbocycles. The van der Waals surface area contributed by atoms with Crippen LogP contribution in [0.4, 0.5) is 0 Å². The summed E-state index contributed by atoms with van der Waals surface area (Å²) in [5, 5.41) is 0. The lowest BCUT2D eigenvalue weighted by Crippen LogP contribution is -2.42. The van der Waals surface area contributed by atoms with Crippen molar-refractivity contribution in [2.45, 2.75) is 19.4 Å². The summed E-state index contributed by atoms with van der Waals surface area (Å²) in [4.78, 5) is 23.7. The molecular weight excluding hydrogens is 364 g/mol. The number of nitrogens with one attached hydrogen (secondary N) is 2. The molecule has 0 aliphatic heterocycles. The monoisotopic (exact) mass is 386 g/mol. The van der Waals surface area contributed by atoms with Crippen LogP contribution in [0.2, 0.25) is 0 Å². The van der Waals surface area contributed by atoms with Crippen LogP contribution in [0.3, 0.4) is 0 Å². The molecule has 1 aliphatic rings. The lowest BCUT2D eigenvalue weighted by atomic mass is 10.0. The van der Waals surface area contributed by atoms with Gasteiger partial charge in [-0.1, -0.05) is 60.7 Å². The summed E-state index contributed by atoms with van der Waals surface area (Å²) >= 11 is 0. The molecule has 5 nitrogen and oxygen atoms in total. The van der Waals surface area contributed by atoms with Gasteiger partial charge in [-0.05, 0) is 42.2 Å². The van der Waals surface area contributed by atoms with E-state index in [2.05, 4.69) is 23.0 Å². The van der Waals surface area contributed by atoms with E-state index >= 15 is 0 Å². The number of benzene rings is 3. The molecule has 1 fully saturated rings. The van der Waals surface area contributed by atoms with E-state index in [1.165, 1.54) is 0 Å². The van der Waals surface area contributed by atoms with Gasteiger partial charge in [-0.2, -0.15) is 0 Å². The van der Waals surface area contributed by atoms with Crippen LogP contribution in [-0.2, 0) is 11.4 Å². The van der Waals surface area contributed by atoms with E-state index < -0.39 is 0 Å². The Morgan fingerprint density at radius 1 is 0.828 bits per heavy atom. The molecule has 0 unspecified atom stereocenters. The number of rotatable bonds is 6. The van der Waals surface area contributed by atoms with Crippen molar-refractivity contribution in [1.29, 1.82) is 0 Å². The van der Waals surface area contributed by atoms with Crippen molar-refractivity contribution in [3.8, 4) is 16.9 Å². The maximum Gasteiger partial charge on any atom is 0.269 e. The first-order valence-corrected chi connectivity index (χ1v) is 9.67. The Hall–Kier alpha value is -3.60. The maximum absolute atomic E-state index is 12.1. The quantitative estimate of drug-likeness (QED) is 0.627. The molecule has 1 saturated carbocycles. The predicted molar refractivity (Wildman–Crippen MR) is 111 cm³/mol. The fourth-order valence-corrected chi connectivity index (χ4v) is 3.00. The van der Waals surface area contributed by atoms with Crippen LogP contribution >= 0.6 is 0 Å². The van der Waals surface area contributed by atoms with Gasteiger partial charge < -0.3 is 4.74 Å². The standard InChI is InChI=1S/C24H22N2O3/c27-23(25-26-24(28)20-14-15-20)19-12-10-17(11-13-19)16-29-22-9-5-4-8-21(22)18-6-2-1-3-7-18/h1-13,20H,14-16H2,(H,25,27)(H,26,28). The van der Waals surface area contributed by atoms with Crippen molar-refractivity contribution in [3.05, 3.63) is 90.0 Å². The lowest BCUT2D eigenvalue weighted by Gasteiger charge is -2.12. The number of para-hydroxylation sites is 1. The van der Waals surface area contributed by atoms with Gasteiger partial charge in [-0.15, -0.1) is 0 Å². The molecule has 0 atom stereocenters. The molecule has 0 bridgehead atoms. The van der Waals surface area contributed by atoms with Crippen LogP contribution in [-0.4, -0.2) is 11.8 Å². The number of hydrogen-bond acceptors (Lipinski definition) is 3. The fourth-order valence-electron chi connectivity index (χ4n) is 3.00. The van der Waals surface area contributed by atoms with Gasteiger partial charge in [0.25, 0.3) is 5.91 Å². The van der Waals surface area contributed by atoms with Gasteiger partial charge in [0.2, 0.25) is 5.91 Å². The van der Waals surface area contributed by atoms with Gasteiger partial charge in [-0.3, -0.25) is 20.4 Å². The van der Waals surface area contributed by atoms with Gasteiger partial charge in [-0.25, -0.2) is 0 Å². The molecule has 4 rings (SSSR count). The summed E-state index contributed by atoms with van der Waals surface area (Å²) in [5.74, 6) is 0.401. The molecule has 0 radical (unpaired) electrons. The van der Waals surface area contributed by atoms with E-state index in [9.17, 15) is 9.59 Å². The first kappa shape index (κ1) is 18.7. The summed E-state index contributed by atoms with van der Waals surface area (Å²) in [6, 6.07) is 25.2. The molecule has 0 saturated heterocycles. The van der Waals surface area contributed by atoms with Crippen LogP contribution in [0.25, 0.3) is 11.1 Å². The second-order valence-electron chi connectivity index (χ2n) is 7.07. The number of carbonyl (C=O) groups excluding carboxylic acids is 2. The number of hydrazine groups is 1. The summed E-state index contributed by atoms with van der Waals surface area (Å²) in [6.07, 6.45) is 1.79. The lowest BCUT2D eigenvalue weighted by molar-refractivity contribution is -0.123. The Bertz CT molecular complexity index is 996. The zero-order valence-electron chi connectivity index (χ0n) is 15.9. The second-order valence-corrected chi connectivity index (χ2v) is 7.07. The average Bonchev–Trinajstić information content (AvgIpc) is 3.62. The highest BCUT2D eigenvalue weighted by atomic mass is 16.5. The summed E-state index contributed by atoms with van der Waals surface area (Å²) in [5.41, 5.74) is 8.49. The molecular formula is C24H22N2O3. The van der Waals surface area contributed by atoms with Gasteiger partial charge in [0.1, 0.15) is 12.4 Å². The molecule has 29 heavy (non-hydrogen) atoms. The third kappa shape index (κ3) is 4.82. The van der Waals surface area contributed by atoms with E-state index in [4.69, 9.17) is 4.74 Å². The van der Waals surface area contributed by atoms with Crippen molar-refractivity contribution >= 4 is 11.8 Å². The first-order valence-electron chi connectivity index (χ1n) is 9.67. The van der Waals surface area contributed by atoms with Gasteiger partial charge in [0.15, 0.2) is 0 Å². The third-order valence-corrected chi connectivity index (χ3v) is 4.83. The van der Waals surface area contributed by atoms with E-state index in [-0.39, 0.29) is 17.7 Å². The molecule has 2 amide bonds. The topological polar surface area (TPSA) is 67.4 Å². The number of amides is 2. The predicted octanol–water partition coefficient (Wildman–Crippen LogP) is 4.10. The van der Waals surface area contributed by atoms with Gasteiger partial charge in [0.05, 0.1) is 0 Å². The smallest absolute Gasteiger partial charge is 0.269 e. The van der Waals surface area contributed by atoms with Crippen molar-refractivity contribution < 1.29 is 14.3 Å². The normalized spacial score (nSPS) is 12.8. The van der Waals surface area contributed by atoms with Crippen molar-refractivity contribution in [3.63, 3.8) is 0 Å². The molecule has 0 heterocycles. The molecule has 2 N–H and O–H groups in total. The van der Waals surface area contributed by atoms with Crippen molar-refractivity contribution in [2.24, 2.45) is 5.92 Å². The van der Waals surface area contributed by atoms with Crippen molar-refractivity contribution in [2.75, 3.05) is 0 Å². The molecule has 0 spiro atoms. The summed E-state index contributed by atoms with van der Waals surface area (Å²) in [7, 11) is 0. The maximum atomic E-state index is 12.1. The van der Waals surface area contributed by atoms with Crippen LogP contribution in [0, 0.1) is 5.92 Å². The third-order valence-electron chi connectivity index (χ3n) is 4.83. The first-order chi connectivity index (χ1) is 14.2. The average molecular weight is 386 g/mol. The zero-order chi connectivity index (χ0) is 20.1. The highest BCUT2D eigenvalue weighted by molar-refractivity contribution is 5.95. The summed E-state index contributed by atoms with van der Waals surface area (Å²) < 4.78 is 6.03. The number of ether oxygens (including phenoxy) is 1. The fraction of sp³-hybridized carbons (Fsp3) is 0.167. The SMILES string of the molecule is O=C(NNC(=O)C1CC1)c1ccc(COc2ccccc2-c2ccccc2)cc1. The Morgan fingerprint density at radius 2 is 1.52 bits per heavy atom. The second kappa shape index (κ2) is 8.61. The minimum atomic E-state index is -0.333. The van der Waals surface area contributed by atoms with Crippen LogP contribution in [0.15, 0.2) is 78.9 Å². The van der Waals surface area contributed by atoms with Gasteiger partial charge in [0, 0.05) is 17.0 Å². The minimum absolute atomic E-state index is 0.0496. The summed E-state index contributed by atoms with van der Waals surface area (Å²) in [6.45, 7) is 0.393. The van der Waals surface area contributed by atoms with E-state index in [0.717, 1.165) is 35.3 Å². The molecule has 0 aromatic heterocycles.